The number of nitrogens with zero attached hydrogens (tertiary/aromatic N) is 3. The van der Waals surface area contributed by atoms with Gasteiger partial charge in [0.2, 0.25) is 12.3 Å². The molecule has 0 atom stereocenters. The van der Waals surface area contributed by atoms with Crippen molar-refractivity contribution in [3.8, 4) is 5.69 Å². The van der Waals surface area contributed by atoms with Crippen molar-refractivity contribution in [2.45, 2.75) is 13.5 Å². The molecule has 0 bridgehead atoms. The van der Waals surface area contributed by atoms with E-state index in [1.54, 1.807) is 12.1 Å². The number of hydrogen-bond acceptors (Lipinski definition) is 2. The first-order valence-electron chi connectivity index (χ1n) is 7.46. The Morgan fingerprint density at radius 2 is 1.92 bits per heavy atom. The third-order valence-electron chi connectivity index (χ3n) is 4.04. The van der Waals surface area contributed by atoms with E-state index in [4.69, 9.17) is 23.2 Å². The molecule has 0 spiro atoms. The molecule has 3 aromatic rings. The third-order valence-corrected chi connectivity index (χ3v) is 4.60. The summed E-state index contributed by atoms with van der Waals surface area (Å²) in [6.07, 6.45) is 1.92. The Labute approximate surface area is 149 Å². The molecule has 4 rings (SSSR count). The Morgan fingerprint density at radius 1 is 1.12 bits per heavy atom. The van der Waals surface area contributed by atoms with E-state index < -0.39 is 0 Å². The fourth-order valence-corrected chi connectivity index (χ4v) is 3.45. The first kappa shape index (κ1) is 15.2. The van der Waals surface area contributed by atoms with Crippen molar-refractivity contribution < 1.29 is 4.74 Å². The molecule has 0 radical (unpaired) electrons. The SMILES string of the molecule is Cc1cn2c(n1)C[N+]([O-])=C(c1ccccc1Cl)c1cc(Cl)ccc1-2. The lowest BCUT2D eigenvalue weighted by Crippen LogP contribution is -2.18. The Morgan fingerprint density at radius 3 is 2.71 bits per heavy atom. The van der Waals surface area contributed by atoms with Gasteiger partial charge in [0.25, 0.3) is 0 Å². The monoisotopic (exact) mass is 357 g/mol. The maximum absolute atomic E-state index is 12.9. The van der Waals surface area contributed by atoms with Gasteiger partial charge in [-0.1, -0.05) is 35.3 Å². The van der Waals surface area contributed by atoms with Gasteiger partial charge in [0.05, 0.1) is 27.5 Å². The summed E-state index contributed by atoms with van der Waals surface area (Å²) in [5.74, 6) is 0.688. The molecule has 0 N–H and O–H groups in total. The average molecular weight is 358 g/mol. The predicted octanol–water partition coefficient (Wildman–Crippen LogP) is 4.35. The number of hydrogen-bond donors (Lipinski definition) is 0. The number of imidazole rings is 1. The van der Waals surface area contributed by atoms with Crippen LogP contribution in [0.3, 0.4) is 0 Å². The first-order chi connectivity index (χ1) is 11.5. The normalized spacial score (nSPS) is 13.5. The van der Waals surface area contributed by atoms with Crippen molar-refractivity contribution >= 4 is 28.9 Å². The van der Waals surface area contributed by atoms with E-state index in [0.29, 0.717) is 27.1 Å². The van der Waals surface area contributed by atoms with Crippen LogP contribution in [0.2, 0.25) is 10.0 Å². The molecule has 2 aromatic carbocycles. The van der Waals surface area contributed by atoms with Crippen molar-refractivity contribution in [2.75, 3.05) is 0 Å². The molecule has 1 aliphatic rings. The van der Waals surface area contributed by atoms with Gasteiger partial charge in [-0.05, 0) is 37.3 Å². The molecule has 0 amide bonds. The molecular weight excluding hydrogens is 345 g/mol. The summed E-state index contributed by atoms with van der Waals surface area (Å²) < 4.78 is 2.87. The van der Waals surface area contributed by atoms with E-state index in [0.717, 1.165) is 21.7 Å². The van der Waals surface area contributed by atoms with Gasteiger partial charge in [-0.2, -0.15) is 4.74 Å². The Bertz CT molecular complexity index is 992. The Balaban J connectivity index is 2.07. The predicted molar refractivity (Wildman–Crippen MR) is 95.3 cm³/mol. The molecule has 0 saturated carbocycles. The van der Waals surface area contributed by atoms with Crippen molar-refractivity contribution in [3.05, 3.63) is 86.6 Å². The van der Waals surface area contributed by atoms with E-state index in [1.807, 2.05) is 48.0 Å². The zero-order valence-corrected chi connectivity index (χ0v) is 14.3. The molecule has 0 saturated heterocycles. The molecular formula is C18H13Cl2N3O. The van der Waals surface area contributed by atoms with E-state index in [9.17, 15) is 5.21 Å². The average Bonchev–Trinajstić information content (AvgIpc) is 2.85. The van der Waals surface area contributed by atoms with Crippen LogP contribution in [0.1, 0.15) is 22.6 Å². The summed E-state index contributed by atoms with van der Waals surface area (Å²) in [7, 11) is 0. The van der Waals surface area contributed by atoms with Gasteiger partial charge in [-0.3, -0.25) is 4.57 Å². The maximum Gasteiger partial charge on any atom is 0.229 e. The second-order valence-corrected chi connectivity index (χ2v) is 6.54. The number of benzene rings is 2. The molecule has 0 aliphatic carbocycles. The van der Waals surface area contributed by atoms with Crippen LogP contribution in [0.15, 0.2) is 48.7 Å². The minimum Gasteiger partial charge on any atom is -0.623 e. The zero-order valence-electron chi connectivity index (χ0n) is 12.8. The number of rotatable bonds is 1. The summed E-state index contributed by atoms with van der Waals surface area (Å²) in [6, 6.07) is 12.8. The Kier molecular flexibility index (Phi) is 3.59. The van der Waals surface area contributed by atoms with Crippen LogP contribution in [0.4, 0.5) is 0 Å². The third kappa shape index (κ3) is 2.39. The molecule has 120 valence electrons. The molecule has 0 unspecified atom stereocenters. The quantitative estimate of drug-likeness (QED) is 0.480. The highest BCUT2D eigenvalue weighted by Gasteiger charge is 2.28. The lowest BCUT2D eigenvalue weighted by atomic mass is 10.0. The van der Waals surface area contributed by atoms with Crippen LogP contribution >= 0.6 is 23.2 Å². The molecule has 1 aromatic heterocycles. The fourth-order valence-electron chi connectivity index (χ4n) is 3.05. The van der Waals surface area contributed by atoms with E-state index >= 15 is 0 Å². The number of aryl methyl sites for hydroxylation is 1. The second-order valence-electron chi connectivity index (χ2n) is 5.70. The van der Waals surface area contributed by atoms with E-state index in [-0.39, 0.29) is 6.54 Å². The van der Waals surface area contributed by atoms with Crippen LogP contribution in [0.5, 0.6) is 0 Å². The molecule has 4 nitrogen and oxygen atoms in total. The van der Waals surface area contributed by atoms with Gasteiger partial charge in [0, 0.05) is 11.2 Å². The van der Waals surface area contributed by atoms with Gasteiger partial charge in [0.1, 0.15) is 0 Å². The largest absolute Gasteiger partial charge is 0.623 e. The number of aromatic nitrogens is 2. The summed E-state index contributed by atoms with van der Waals surface area (Å²) in [5.41, 5.74) is 3.65. The molecule has 0 fully saturated rings. The highest BCUT2D eigenvalue weighted by atomic mass is 35.5. The van der Waals surface area contributed by atoms with E-state index in [1.165, 1.54) is 0 Å². The molecule has 24 heavy (non-hydrogen) atoms. The highest BCUT2D eigenvalue weighted by molar-refractivity contribution is 6.35. The number of fused-ring (bicyclic) bond motifs is 3. The van der Waals surface area contributed by atoms with Gasteiger partial charge < -0.3 is 5.21 Å². The lowest BCUT2D eigenvalue weighted by Gasteiger charge is -2.12. The molecule has 2 heterocycles. The number of halogens is 2. The van der Waals surface area contributed by atoms with Crippen LogP contribution < -0.4 is 0 Å². The smallest absolute Gasteiger partial charge is 0.229 e. The van der Waals surface area contributed by atoms with Crippen molar-refractivity contribution in [2.24, 2.45) is 0 Å². The van der Waals surface area contributed by atoms with Crippen LogP contribution in [-0.2, 0) is 6.54 Å². The van der Waals surface area contributed by atoms with Crippen molar-refractivity contribution in [1.82, 2.24) is 9.55 Å². The van der Waals surface area contributed by atoms with Crippen LogP contribution in [0.25, 0.3) is 5.69 Å². The summed E-state index contributed by atoms with van der Waals surface area (Å²) in [6.45, 7) is 2.05. The standard InChI is InChI=1S/C18H13Cl2N3O/c1-11-9-22-16-7-6-12(19)8-14(16)18(23(24)10-17(22)21-11)13-4-2-3-5-15(13)20/h2-9H,10H2,1H3. The minimum absolute atomic E-state index is 0.140. The van der Waals surface area contributed by atoms with Crippen LogP contribution in [-0.4, -0.2) is 20.0 Å². The van der Waals surface area contributed by atoms with E-state index in [2.05, 4.69) is 4.98 Å². The van der Waals surface area contributed by atoms with Crippen molar-refractivity contribution in [3.63, 3.8) is 0 Å². The van der Waals surface area contributed by atoms with Gasteiger partial charge >= 0.3 is 0 Å². The first-order valence-corrected chi connectivity index (χ1v) is 8.22. The topological polar surface area (TPSA) is 43.9 Å². The summed E-state index contributed by atoms with van der Waals surface area (Å²) >= 11 is 12.6. The van der Waals surface area contributed by atoms with Gasteiger partial charge in [-0.15, -0.1) is 0 Å². The number of hydroxylamine groups is 1. The summed E-state index contributed by atoms with van der Waals surface area (Å²) in [5, 5.41) is 14.0. The minimum atomic E-state index is 0.140. The Hall–Kier alpha value is -2.30. The molecule has 6 heteroatoms. The molecule has 1 aliphatic heterocycles. The second kappa shape index (κ2) is 5.65. The lowest BCUT2D eigenvalue weighted by molar-refractivity contribution is -0.475. The van der Waals surface area contributed by atoms with Gasteiger partial charge in [-0.25, -0.2) is 4.98 Å². The van der Waals surface area contributed by atoms with Crippen molar-refractivity contribution in [1.29, 1.82) is 0 Å². The van der Waals surface area contributed by atoms with Crippen LogP contribution in [0, 0.1) is 12.1 Å². The maximum atomic E-state index is 12.9. The summed E-state index contributed by atoms with van der Waals surface area (Å²) in [4.78, 5) is 4.48. The fraction of sp³-hybridized carbons (Fsp3) is 0.111. The zero-order chi connectivity index (χ0) is 16.8. The van der Waals surface area contributed by atoms with Gasteiger partial charge in [0.15, 0.2) is 5.82 Å². The highest BCUT2D eigenvalue weighted by Crippen LogP contribution is 2.29.